The topological polar surface area (TPSA) is 41.9 Å². The van der Waals surface area contributed by atoms with Gasteiger partial charge >= 0.3 is 6.18 Å². The first-order valence-corrected chi connectivity index (χ1v) is 8.80. The van der Waals surface area contributed by atoms with E-state index < -0.39 is 11.7 Å². The van der Waals surface area contributed by atoms with Gasteiger partial charge < -0.3 is 10.6 Å². The maximum Gasteiger partial charge on any atom is 0.416 e. The lowest BCUT2D eigenvalue weighted by Crippen LogP contribution is -2.30. The quantitative estimate of drug-likeness (QED) is 0.530. The van der Waals surface area contributed by atoms with E-state index in [9.17, 15) is 13.2 Å². The van der Waals surface area contributed by atoms with Gasteiger partial charge in [-0.05, 0) is 66.6 Å². The molecule has 1 heterocycles. The summed E-state index contributed by atoms with van der Waals surface area (Å²) >= 11 is 8.60. The van der Waals surface area contributed by atoms with Crippen LogP contribution in [0.1, 0.15) is 23.4 Å². The van der Waals surface area contributed by atoms with E-state index in [1.807, 2.05) is 18.5 Å². The van der Waals surface area contributed by atoms with E-state index in [2.05, 4.69) is 31.7 Å². The van der Waals surface area contributed by atoms with E-state index in [4.69, 9.17) is 12.2 Å². The molecular weight excluding hydrogens is 417 g/mol. The molecule has 0 bridgehead atoms. The fourth-order valence-electron chi connectivity index (χ4n) is 2.27. The van der Waals surface area contributed by atoms with Gasteiger partial charge in [0, 0.05) is 24.5 Å². The van der Waals surface area contributed by atoms with Crippen LogP contribution < -0.4 is 10.6 Å². The minimum Gasteiger partial charge on any atom is -0.362 e. The van der Waals surface area contributed by atoms with Crippen LogP contribution in [0, 0.1) is 13.8 Å². The van der Waals surface area contributed by atoms with Crippen molar-refractivity contribution in [3.63, 3.8) is 0 Å². The molecule has 2 rings (SSSR count). The molecule has 1 aromatic heterocycles. The van der Waals surface area contributed by atoms with Crippen molar-refractivity contribution < 1.29 is 13.2 Å². The van der Waals surface area contributed by atoms with Gasteiger partial charge in [0.05, 0.1) is 15.7 Å². The molecule has 0 amide bonds. The molecule has 0 aliphatic rings. The van der Waals surface area contributed by atoms with Crippen LogP contribution in [0.2, 0.25) is 0 Å². The Morgan fingerprint density at radius 3 is 2.64 bits per heavy atom. The van der Waals surface area contributed by atoms with Gasteiger partial charge in [0.2, 0.25) is 0 Å². The lowest BCUT2D eigenvalue weighted by molar-refractivity contribution is -0.137. The van der Waals surface area contributed by atoms with Crippen molar-refractivity contribution >= 4 is 38.9 Å². The first-order valence-electron chi connectivity index (χ1n) is 7.60. The molecule has 0 aliphatic heterocycles. The zero-order valence-corrected chi connectivity index (χ0v) is 16.1. The Kier molecular flexibility index (Phi) is 6.45. The van der Waals surface area contributed by atoms with E-state index in [1.54, 1.807) is 0 Å². The molecular formula is C16H18BrF3N4S. The normalized spacial score (nSPS) is 11.4. The molecule has 2 aromatic rings. The molecule has 2 N–H and O–H groups in total. The van der Waals surface area contributed by atoms with Gasteiger partial charge in [0.25, 0.3) is 0 Å². The minimum absolute atomic E-state index is 0.286. The summed E-state index contributed by atoms with van der Waals surface area (Å²) in [7, 11) is 0. The van der Waals surface area contributed by atoms with Gasteiger partial charge in [-0.3, -0.25) is 4.68 Å². The Hall–Kier alpha value is -1.61. The molecule has 9 heteroatoms. The average Bonchev–Trinajstić information content (AvgIpc) is 2.78. The minimum atomic E-state index is -4.37. The van der Waals surface area contributed by atoms with E-state index in [-0.39, 0.29) is 5.11 Å². The Morgan fingerprint density at radius 2 is 2.04 bits per heavy atom. The fourth-order valence-corrected chi connectivity index (χ4v) is 2.78. The first-order chi connectivity index (χ1) is 11.7. The highest BCUT2D eigenvalue weighted by molar-refractivity contribution is 9.10. The lowest BCUT2D eigenvalue weighted by Gasteiger charge is -2.13. The summed E-state index contributed by atoms with van der Waals surface area (Å²) in [6, 6.07) is 4.93. The smallest absolute Gasteiger partial charge is 0.362 e. The van der Waals surface area contributed by atoms with Gasteiger partial charge in [0.1, 0.15) is 0 Å². The second-order valence-corrected chi connectivity index (χ2v) is 6.72. The SMILES string of the molecule is Cc1nn(CCCNC(=S)Nc2cccc(C(F)(F)F)c2)c(C)c1Br. The summed E-state index contributed by atoms with van der Waals surface area (Å²) in [6.45, 7) is 5.22. The summed E-state index contributed by atoms with van der Waals surface area (Å²) in [5, 5.41) is 10.5. The summed E-state index contributed by atoms with van der Waals surface area (Å²) < 4.78 is 41.0. The molecule has 0 spiro atoms. The number of nitrogens with zero attached hydrogens (tertiary/aromatic N) is 2. The highest BCUT2D eigenvalue weighted by atomic mass is 79.9. The van der Waals surface area contributed by atoms with Crippen LogP contribution in [-0.4, -0.2) is 21.4 Å². The second-order valence-electron chi connectivity index (χ2n) is 5.52. The van der Waals surface area contributed by atoms with Crippen LogP contribution in [0.25, 0.3) is 0 Å². The maximum absolute atomic E-state index is 12.7. The predicted octanol–water partition coefficient (Wildman–Crippen LogP) is 4.66. The number of hydrogen-bond acceptors (Lipinski definition) is 2. The predicted molar refractivity (Wildman–Crippen MR) is 99.7 cm³/mol. The van der Waals surface area contributed by atoms with Crippen molar-refractivity contribution in [3.8, 4) is 0 Å². The van der Waals surface area contributed by atoms with Gasteiger partial charge in [-0.1, -0.05) is 6.07 Å². The van der Waals surface area contributed by atoms with Gasteiger partial charge in [0.15, 0.2) is 5.11 Å². The third-order valence-electron chi connectivity index (χ3n) is 3.57. The van der Waals surface area contributed by atoms with Gasteiger partial charge in [-0.25, -0.2) is 0 Å². The van der Waals surface area contributed by atoms with Crippen molar-refractivity contribution in [1.82, 2.24) is 15.1 Å². The largest absolute Gasteiger partial charge is 0.416 e. The number of thiocarbonyl (C=S) groups is 1. The molecule has 25 heavy (non-hydrogen) atoms. The zero-order valence-electron chi connectivity index (χ0n) is 13.7. The maximum atomic E-state index is 12.7. The van der Waals surface area contributed by atoms with E-state index in [0.29, 0.717) is 12.2 Å². The monoisotopic (exact) mass is 434 g/mol. The molecule has 0 fully saturated rings. The van der Waals surface area contributed by atoms with Crippen LogP contribution in [-0.2, 0) is 12.7 Å². The molecule has 0 saturated carbocycles. The Labute approximate surface area is 157 Å². The molecule has 136 valence electrons. The van der Waals surface area contributed by atoms with E-state index in [0.717, 1.165) is 41.0 Å². The molecule has 0 saturated heterocycles. The number of aromatic nitrogens is 2. The third kappa shape index (κ3) is 5.43. The number of alkyl halides is 3. The molecule has 0 atom stereocenters. The number of halogens is 4. The third-order valence-corrected chi connectivity index (χ3v) is 4.97. The van der Waals surface area contributed by atoms with Gasteiger partial charge in [-0.15, -0.1) is 0 Å². The zero-order chi connectivity index (χ0) is 18.6. The summed E-state index contributed by atoms with van der Waals surface area (Å²) in [6.07, 6.45) is -3.60. The van der Waals surface area contributed by atoms with Crippen LogP contribution >= 0.6 is 28.1 Å². The highest BCUT2D eigenvalue weighted by Crippen LogP contribution is 2.30. The lowest BCUT2D eigenvalue weighted by atomic mass is 10.2. The van der Waals surface area contributed by atoms with Gasteiger partial charge in [-0.2, -0.15) is 18.3 Å². The fraction of sp³-hybridized carbons (Fsp3) is 0.375. The Morgan fingerprint density at radius 1 is 1.32 bits per heavy atom. The number of hydrogen-bond donors (Lipinski definition) is 2. The molecule has 0 radical (unpaired) electrons. The summed E-state index contributed by atoms with van der Waals surface area (Å²) in [5.74, 6) is 0. The summed E-state index contributed by atoms with van der Waals surface area (Å²) in [4.78, 5) is 0. The molecule has 0 unspecified atom stereocenters. The standard InChI is InChI=1S/C16H18BrF3N4S/c1-10-14(17)11(2)24(23-10)8-4-7-21-15(25)22-13-6-3-5-12(9-13)16(18,19)20/h3,5-6,9H,4,7-8H2,1-2H3,(H2,21,22,25). The number of nitrogens with one attached hydrogen (secondary N) is 2. The van der Waals surface area contributed by atoms with Crippen LogP contribution in [0.5, 0.6) is 0 Å². The van der Waals surface area contributed by atoms with Crippen LogP contribution in [0.15, 0.2) is 28.7 Å². The molecule has 0 aliphatic carbocycles. The first kappa shape index (κ1) is 19.7. The number of anilines is 1. The summed E-state index contributed by atoms with van der Waals surface area (Å²) in [5.41, 5.74) is 1.58. The van der Waals surface area contributed by atoms with Crippen LogP contribution in [0.3, 0.4) is 0 Å². The highest BCUT2D eigenvalue weighted by Gasteiger charge is 2.30. The second kappa shape index (κ2) is 8.18. The molecule has 1 aromatic carbocycles. The number of aryl methyl sites for hydroxylation is 2. The van der Waals surface area contributed by atoms with Crippen molar-refractivity contribution in [2.24, 2.45) is 0 Å². The average molecular weight is 435 g/mol. The van der Waals surface area contributed by atoms with E-state index >= 15 is 0 Å². The van der Waals surface area contributed by atoms with Crippen molar-refractivity contribution in [1.29, 1.82) is 0 Å². The van der Waals surface area contributed by atoms with Crippen molar-refractivity contribution in [3.05, 3.63) is 45.7 Å². The Bertz CT molecular complexity index is 758. The van der Waals surface area contributed by atoms with Crippen molar-refractivity contribution in [2.75, 3.05) is 11.9 Å². The van der Waals surface area contributed by atoms with Crippen molar-refractivity contribution in [2.45, 2.75) is 33.0 Å². The van der Waals surface area contributed by atoms with E-state index in [1.165, 1.54) is 12.1 Å². The van der Waals surface area contributed by atoms with Crippen LogP contribution in [0.4, 0.5) is 18.9 Å². The molecule has 4 nitrogen and oxygen atoms in total. The number of rotatable bonds is 5. The number of benzene rings is 1. The Balaban J connectivity index is 1.80.